The molecule has 15 heavy (non-hydrogen) atoms. The molecule has 0 radical (unpaired) electrons. The van der Waals surface area contributed by atoms with Crippen LogP contribution in [0.4, 0.5) is 4.79 Å². The van der Waals surface area contributed by atoms with Gasteiger partial charge in [0.1, 0.15) is 5.69 Å². The van der Waals surface area contributed by atoms with Crippen molar-refractivity contribution < 1.29 is 4.79 Å². The monoisotopic (exact) mass is 243 g/mol. The summed E-state index contributed by atoms with van der Waals surface area (Å²) in [6, 6.07) is -0.728. The van der Waals surface area contributed by atoms with Crippen LogP contribution in [-0.2, 0) is 0 Å². The fourth-order valence-electron chi connectivity index (χ4n) is 1.05. The number of imidazole rings is 1. The number of nitrogens with zero attached hydrogens (tertiary/aromatic N) is 3. The van der Waals surface area contributed by atoms with E-state index in [1.54, 1.807) is 4.40 Å². The van der Waals surface area contributed by atoms with E-state index in [-0.39, 0.29) is 0 Å². The molecule has 0 saturated carbocycles. The van der Waals surface area contributed by atoms with Crippen LogP contribution >= 0.6 is 22.9 Å². The minimum Gasteiger partial charge on any atom is -0.350 e. The molecule has 0 aromatic carbocycles. The second-order valence-electron chi connectivity index (χ2n) is 2.58. The number of aromatic nitrogens is 2. The molecule has 0 fully saturated rings. The molecule has 0 atom stereocenters. The van der Waals surface area contributed by atoms with E-state index < -0.39 is 6.03 Å². The zero-order chi connectivity index (χ0) is 10.8. The number of amides is 2. The Balaban J connectivity index is 2.33. The highest BCUT2D eigenvalue weighted by Gasteiger charge is 2.08. The molecule has 2 heterocycles. The van der Waals surface area contributed by atoms with Gasteiger partial charge < -0.3 is 5.73 Å². The lowest BCUT2D eigenvalue weighted by molar-refractivity contribution is 0.249. The predicted molar refractivity (Wildman–Crippen MR) is 58.4 cm³/mol. The van der Waals surface area contributed by atoms with Crippen molar-refractivity contribution in [3.63, 3.8) is 0 Å². The topological polar surface area (TPSA) is 84.8 Å². The van der Waals surface area contributed by atoms with Crippen molar-refractivity contribution >= 4 is 40.1 Å². The van der Waals surface area contributed by atoms with Crippen molar-refractivity contribution in [1.82, 2.24) is 14.8 Å². The van der Waals surface area contributed by atoms with E-state index in [1.165, 1.54) is 17.6 Å². The van der Waals surface area contributed by atoms with Gasteiger partial charge in [-0.25, -0.2) is 15.2 Å². The molecule has 2 aromatic rings. The highest BCUT2D eigenvalue weighted by Crippen LogP contribution is 2.19. The fraction of sp³-hybridized carbons (Fsp3) is 0. The molecule has 3 N–H and O–H groups in total. The Labute approximate surface area is 93.4 Å². The van der Waals surface area contributed by atoms with Gasteiger partial charge in [-0.3, -0.25) is 4.40 Å². The SMILES string of the molecule is NC(=O)NN=Cc1c(Cl)nc2sccn12. The number of nitrogens with one attached hydrogen (secondary N) is 1. The number of fused-ring (bicyclic) bond motifs is 1. The van der Waals surface area contributed by atoms with Crippen molar-refractivity contribution in [1.29, 1.82) is 0 Å². The Kier molecular flexibility index (Phi) is 2.57. The van der Waals surface area contributed by atoms with E-state index in [4.69, 9.17) is 17.3 Å². The van der Waals surface area contributed by atoms with E-state index in [2.05, 4.69) is 15.5 Å². The number of primary amides is 1. The first-order valence-electron chi connectivity index (χ1n) is 3.88. The second kappa shape index (κ2) is 3.87. The van der Waals surface area contributed by atoms with Crippen LogP contribution in [0.5, 0.6) is 0 Å². The molecule has 0 bridgehead atoms. The van der Waals surface area contributed by atoms with E-state index in [1.807, 2.05) is 11.6 Å². The second-order valence-corrected chi connectivity index (χ2v) is 3.81. The van der Waals surface area contributed by atoms with Gasteiger partial charge in [-0.05, 0) is 0 Å². The summed E-state index contributed by atoms with van der Waals surface area (Å²) >= 11 is 7.32. The molecule has 2 amide bonds. The molecule has 0 unspecified atom stereocenters. The Hall–Kier alpha value is -1.60. The Morgan fingerprint density at radius 1 is 1.80 bits per heavy atom. The van der Waals surface area contributed by atoms with Gasteiger partial charge in [0, 0.05) is 11.6 Å². The number of urea groups is 1. The Morgan fingerprint density at radius 2 is 2.60 bits per heavy atom. The number of halogens is 1. The highest BCUT2D eigenvalue weighted by molar-refractivity contribution is 7.15. The van der Waals surface area contributed by atoms with Gasteiger partial charge in [-0.2, -0.15) is 5.10 Å². The number of carbonyl (C=O) groups is 1. The van der Waals surface area contributed by atoms with E-state index in [9.17, 15) is 4.79 Å². The van der Waals surface area contributed by atoms with Crippen molar-refractivity contribution in [2.75, 3.05) is 0 Å². The zero-order valence-corrected chi connectivity index (χ0v) is 8.92. The lowest BCUT2D eigenvalue weighted by atomic mass is 10.5. The molecule has 0 spiro atoms. The number of carbonyl (C=O) groups excluding carboxylic acids is 1. The van der Waals surface area contributed by atoms with Gasteiger partial charge in [0.15, 0.2) is 10.1 Å². The molecular weight excluding hydrogens is 238 g/mol. The molecule has 2 aromatic heterocycles. The zero-order valence-electron chi connectivity index (χ0n) is 7.35. The van der Waals surface area contributed by atoms with Gasteiger partial charge in [-0.15, -0.1) is 11.3 Å². The number of hydrogen-bond acceptors (Lipinski definition) is 4. The van der Waals surface area contributed by atoms with Crippen LogP contribution in [-0.4, -0.2) is 21.6 Å². The summed E-state index contributed by atoms with van der Waals surface area (Å²) in [4.78, 5) is 15.2. The van der Waals surface area contributed by atoms with Crippen molar-refractivity contribution in [3.8, 4) is 0 Å². The maximum Gasteiger partial charge on any atom is 0.332 e. The van der Waals surface area contributed by atoms with Crippen LogP contribution in [0.2, 0.25) is 5.15 Å². The quantitative estimate of drug-likeness (QED) is 0.610. The van der Waals surface area contributed by atoms with E-state index >= 15 is 0 Å². The molecule has 78 valence electrons. The molecule has 0 aliphatic heterocycles. The summed E-state index contributed by atoms with van der Waals surface area (Å²) in [5, 5.41) is 5.82. The first-order valence-corrected chi connectivity index (χ1v) is 5.14. The maximum absolute atomic E-state index is 10.4. The van der Waals surface area contributed by atoms with Crippen LogP contribution in [0.25, 0.3) is 4.96 Å². The van der Waals surface area contributed by atoms with Gasteiger partial charge in [0.05, 0.1) is 6.21 Å². The van der Waals surface area contributed by atoms with Crippen molar-refractivity contribution in [2.45, 2.75) is 0 Å². The number of hydrogen-bond donors (Lipinski definition) is 2. The van der Waals surface area contributed by atoms with Crippen LogP contribution in [0.1, 0.15) is 5.69 Å². The Morgan fingerprint density at radius 3 is 3.33 bits per heavy atom. The standard InChI is InChI=1S/C7H6ClN5OS/c8-5-4(3-10-12-6(9)14)13-1-2-15-7(13)11-5/h1-3H,(H3,9,12,14). The maximum atomic E-state index is 10.4. The summed E-state index contributed by atoms with van der Waals surface area (Å²) in [6.45, 7) is 0. The lowest BCUT2D eigenvalue weighted by Gasteiger charge is -1.92. The molecule has 0 aliphatic carbocycles. The van der Waals surface area contributed by atoms with Crippen molar-refractivity contribution in [2.24, 2.45) is 10.8 Å². The van der Waals surface area contributed by atoms with Gasteiger partial charge in [0.25, 0.3) is 0 Å². The van der Waals surface area contributed by atoms with Gasteiger partial charge >= 0.3 is 6.03 Å². The van der Waals surface area contributed by atoms with Crippen LogP contribution < -0.4 is 11.2 Å². The first-order chi connectivity index (χ1) is 7.18. The van der Waals surface area contributed by atoms with Crippen LogP contribution in [0, 0.1) is 0 Å². The van der Waals surface area contributed by atoms with Crippen LogP contribution in [0.15, 0.2) is 16.7 Å². The summed E-state index contributed by atoms with van der Waals surface area (Å²) in [6.07, 6.45) is 3.20. The smallest absolute Gasteiger partial charge is 0.332 e. The summed E-state index contributed by atoms with van der Waals surface area (Å²) in [5.74, 6) is 0. The summed E-state index contributed by atoms with van der Waals surface area (Å²) in [5.41, 5.74) is 7.52. The number of thiazole rings is 1. The third kappa shape index (κ3) is 1.92. The largest absolute Gasteiger partial charge is 0.350 e. The third-order valence-corrected chi connectivity index (χ3v) is 2.65. The average molecular weight is 244 g/mol. The predicted octanol–water partition coefficient (Wildman–Crippen LogP) is 1.05. The van der Waals surface area contributed by atoms with Gasteiger partial charge in [-0.1, -0.05) is 11.6 Å². The fourth-order valence-corrected chi connectivity index (χ4v) is 2.04. The Bertz CT molecular complexity index is 530. The van der Waals surface area contributed by atoms with Crippen LogP contribution in [0.3, 0.4) is 0 Å². The number of nitrogens with two attached hydrogens (primary N) is 1. The average Bonchev–Trinajstić information content (AvgIpc) is 2.68. The van der Waals surface area contributed by atoms with E-state index in [0.717, 1.165) is 4.96 Å². The highest BCUT2D eigenvalue weighted by atomic mass is 35.5. The van der Waals surface area contributed by atoms with Gasteiger partial charge in [0.2, 0.25) is 0 Å². The normalized spacial score (nSPS) is 11.3. The molecular formula is C7H6ClN5OS. The van der Waals surface area contributed by atoms with E-state index in [0.29, 0.717) is 10.8 Å². The molecule has 0 aliphatic rings. The third-order valence-electron chi connectivity index (χ3n) is 1.62. The summed E-state index contributed by atoms with van der Waals surface area (Å²) < 4.78 is 1.76. The minimum atomic E-state index is -0.728. The van der Waals surface area contributed by atoms with Crippen molar-refractivity contribution in [3.05, 3.63) is 22.4 Å². The summed E-state index contributed by atoms with van der Waals surface area (Å²) in [7, 11) is 0. The first kappa shape index (κ1) is 9.94. The number of hydrazone groups is 1. The minimum absolute atomic E-state index is 0.330. The molecule has 0 saturated heterocycles. The molecule has 8 heteroatoms. The molecule has 6 nitrogen and oxygen atoms in total. The number of rotatable bonds is 2. The molecule has 2 rings (SSSR count). The lowest BCUT2D eigenvalue weighted by Crippen LogP contribution is -2.24.